The maximum Gasteiger partial charge on any atom is 0.214 e. The highest BCUT2D eigenvalue weighted by Crippen LogP contribution is 2.32. The van der Waals surface area contributed by atoms with Gasteiger partial charge in [-0.1, -0.05) is 18.2 Å². The van der Waals surface area contributed by atoms with Gasteiger partial charge in [0.25, 0.3) is 0 Å². The number of hydrogen-bond acceptors (Lipinski definition) is 5. The van der Waals surface area contributed by atoms with Gasteiger partial charge in [-0.2, -0.15) is 0 Å². The third kappa shape index (κ3) is 3.38. The van der Waals surface area contributed by atoms with Crippen LogP contribution in [0.3, 0.4) is 0 Å². The highest BCUT2D eigenvalue weighted by Gasteiger charge is 2.41. The van der Waals surface area contributed by atoms with Crippen molar-refractivity contribution >= 4 is 10.0 Å². The zero-order chi connectivity index (χ0) is 15.9. The number of nitrogens with one attached hydrogen (secondary N) is 1. The summed E-state index contributed by atoms with van der Waals surface area (Å²) in [6, 6.07) is 7.51. The van der Waals surface area contributed by atoms with Crippen molar-refractivity contribution in [3.63, 3.8) is 0 Å². The Morgan fingerprint density at radius 3 is 2.91 bits per heavy atom. The topological polar surface area (TPSA) is 73.9 Å². The number of rotatable bonds is 4. The van der Waals surface area contributed by atoms with Gasteiger partial charge in [0.15, 0.2) is 0 Å². The van der Waals surface area contributed by atoms with Crippen LogP contribution in [0.4, 0.5) is 0 Å². The Morgan fingerprint density at radius 2 is 2.04 bits per heavy atom. The van der Waals surface area contributed by atoms with E-state index < -0.39 is 10.0 Å². The van der Waals surface area contributed by atoms with Gasteiger partial charge in [0.05, 0.1) is 37.2 Å². The predicted octanol–water partition coefficient (Wildman–Crippen LogP) is 0.713. The number of para-hydroxylation sites is 1. The highest BCUT2D eigenvalue weighted by atomic mass is 32.2. The number of fused-ring (bicyclic) bond motifs is 2. The second-order valence-corrected chi connectivity index (χ2v) is 8.35. The Balaban J connectivity index is 1.35. The lowest BCUT2D eigenvalue weighted by atomic mass is 10.0. The van der Waals surface area contributed by atoms with Crippen LogP contribution < -0.4 is 9.46 Å². The first-order chi connectivity index (χ1) is 11.1. The van der Waals surface area contributed by atoms with Gasteiger partial charge in [0, 0.05) is 5.92 Å². The fourth-order valence-electron chi connectivity index (χ4n) is 3.65. The van der Waals surface area contributed by atoms with Gasteiger partial charge in [-0.3, -0.25) is 0 Å². The van der Waals surface area contributed by atoms with Crippen LogP contribution in [0, 0.1) is 5.92 Å². The van der Waals surface area contributed by atoms with Crippen LogP contribution in [0.2, 0.25) is 0 Å². The van der Waals surface area contributed by atoms with E-state index in [9.17, 15) is 8.42 Å². The molecule has 3 heterocycles. The summed E-state index contributed by atoms with van der Waals surface area (Å²) in [6.07, 6.45) is 1.25. The van der Waals surface area contributed by atoms with Crippen molar-refractivity contribution in [2.75, 3.05) is 25.6 Å². The fraction of sp³-hybridized carbons (Fsp3) is 0.625. The van der Waals surface area contributed by atoms with E-state index in [-0.39, 0.29) is 24.0 Å². The van der Waals surface area contributed by atoms with Gasteiger partial charge in [-0.25, -0.2) is 13.1 Å². The Kier molecular flexibility index (Phi) is 4.05. The first-order valence-corrected chi connectivity index (χ1v) is 9.68. The monoisotopic (exact) mass is 339 g/mol. The molecule has 2 fully saturated rings. The molecular formula is C16H21NO5S. The predicted molar refractivity (Wildman–Crippen MR) is 83.9 cm³/mol. The van der Waals surface area contributed by atoms with Crippen molar-refractivity contribution in [2.45, 2.75) is 31.1 Å². The Morgan fingerprint density at radius 1 is 1.17 bits per heavy atom. The lowest BCUT2D eigenvalue weighted by Crippen LogP contribution is -2.45. The zero-order valence-corrected chi connectivity index (χ0v) is 13.6. The van der Waals surface area contributed by atoms with Gasteiger partial charge in [-0.15, -0.1) is 0 Å². The molecular weight excluding hydrogens is 318 g/mol. The SMILES string of the molecule is O=S(=O)(C[C@@H]1C[C@H]2COC[C@@H]2O1)NC1COc2ccccc2C1. The van der Waals surface area contributed by atoms with Gasteiger partial charge in [0.1, 0.15) is 12.4 Å². The molecule has 0 aliphatic carbocycles. The largest absolute Gasteiger partial charge is 0.492 e. The van der Waals surface area contributed by atoms with Crippen molar-refractivity contribution in [1.29, 1.82) is 0 Å². The average molecular weight is 339 g/mol. The summed E-state index contributed by atoms with van der Waals surface area (Å²) >= 11 is 0. The maximum absolute atomic E-state index is 12.4. The quantitative estimate of drug-likeness (QED) is 0.875. The van der Waals surface area contributed by atoms with Crippen molar-refractivity contribution in [3.8, 4) is 5.75 Å². The van der Waals surface area contributed by atoms with E-state index in [4.69, 9.17) is 14.2 Å². The third-order valence-electron chi connectivity index (χ3n) is 4.70. The third-order valence-corrected chi connectivity index (χ3v) is 6.21. The molecule has 3 aliphatic rings. The lowest BCUT2D eigenvalue weighted by Gasteiger charge is -2.26. The van der Waals surface area contributed by atoms with E-state index in [1.54, 1.807) is 0 Å². The molecule has 1 unspecified atom stereocenters. The van der Waals surface area contributed by atoms with E-state index in [0.29, 0.717) is 32.2 Å². The average Bonchev–Trinajstić information content (AvgIpc) is 3.07. The maximum atomic E-state index is 12.4. The van der Waals surface area contributed by atoms with Crippen LogP contribution in [0.5, 0.6) is 5.75 Å². The summed E-state index contributed by atoms with van der Waals surface area (Å²) < 4.78 is 44.3. The van der Waals surface area contributed by atoms with Crippen molar-refractivity contribution < 1.29 is 22.6 Å². The Hall–Kier alpha value is -1.15. The summed E-state index contributed by atoms with van der Waals surface area (Å²) in [5.74, 6) is 1.20. The minimum Gasteiger partial charge on any atom is -0.492 e. The molecule has 23 heavy (non-hydrogen) atoms. The Bertz CT molecular complexity index is 665. The van der Waals surface area contributed by atoms with E-state index >= 15 is 0 Å². The van der Waals surface area contributed by atoms with E-state index in [2.05, 4.69) is 4.72 Å². The fourth-order valence-corrected chi connectivity index (χ4v) is 5.11. The zero-order valence-electron chi connectivity index (χ0n) is 12.8. The molecule has 1 N–H and O–H groups in total. The molecule has 0 bridgehead atoms. The summed E-state index contributed by atoms with van der Waals surface area (Å²) in [7, 11) is -3.39. The van der Waals surface area contributed by atoms with Crippen molar-refractivity contribution in [2.24, 2.45) is 5.92 Å². The first-order valence-electron chi connectivity index (χ1n) is 8.03. The summed E-state index contributed by atoms with van der Waals surface area (Å²) in [5.41, 5.74) is 1.04. The first kappa shape index (κ1) is 15.4. The van der Waals surface area contributed by atoms with Crippen molar-refractivity contribution in [3.05, 3.63) is 29.8 Å². The van der Waals surface area contributed by atoms with Gasteiger partial charge in [0.2, 0.25) is 10.0 Å². The minimum atomic E-state index is -3.39. The molecule has 0 spiro atoms. The molecule has 4 rings (SSSR count). The summed E-state index contributed by atoms with van der Waals surface area (Å²) in [6.45, 7) is 1.63. The molecule has 0 amide bonds. The molecule has 7 heteroatoms. The smallest absolute Gasteiger partial charge is 0.214 e. The van der Waals surface area contributed by atoms with Crippen LogP contribution in [-0.2, 0) is 25.9 Å². The van der Waals surface area contributed by atoms with E-state index in [0.717, 1.165) is 17.7 Å². The second-order valence-electron chi connectivity index (χ2n) is 6.55. The summed E-state index contributed by atoms with van der Waals surface area (Å²) in [4.78, 5) is 0. The van der Waals surface area contributed by atoms with Crippen LogP contribution >= 0.6 is 0 Å². The standard InChI is InChI=1S/C16H21NO5S/c18-23(19,10-14-6-12-7-20-9-16(12)22-14)17-13-5-11-3-1-2-4-15(11)21-8-13/h1-4,12-14,16-17H,5-10H2/t12-,13?,14-,16-/m0/s1. The number of hydrogen-bond donors (Lipinski definition) is 1. The normalized spacial score (nSPS) is 33.0. The van der Waals surface area contributed by atoms with Crippen LogP contribution in [0.15, 0.2) is 24.3 Å². The van der Waals surface area contributed by atoms with E-state index in [1.807, 2.05) is 24.3 Å². The second kappa shape index (κ2) is 6.05. The number of benzene rings is 1. The molecule has 1 aromatic carbocycles. The lowest BCUT2D eigenvalue weighted by molar-refractivity contribution is 0.0298. The molecule has 0 radical (unpaired) electrons. The van der Waals surface area contributed by atoms with Crippen LogP contribution in [0.1, 0.15) is 12.0 Å². The number of ether oxygens (including phenoxy) is 3. The van der Waals surface area contributed by atoms with Gasteiger partial charge in [-0.05, 0) is 24.5 Å². The summed E-state index contributed by atoms with van der Waals surface area (Å²) in [5, 5.41) is 0. The molecule has 1 aromatic rings. The highest BCUT2D eigenvalue weighted by molar-refractivity contribution is 7.89. The molecule has 0 aromatic heterocycles. The number of sulfonamides is 1. The van der Waals surface area contributed by atoms with Gasteiger partial charge >= 0.3 is 0 Å². The molecule has 3 aliphatic heterocycles. The molecule has 126 valence electrons. The van der Waals surface area contributed by atoms with E-state index in [1.165, 1.54) is 0 Å². The minimum absolute atomic E-state index is 0.0121. The molecule has 6 nitrogen and oxygen atoms in total. The van der Waals surface area contributed by atoms with Gasteiger partial charge < -0.3 is 14.2 Å². The Labute approximate surface area is 136 Å². The molecule has 2 saturated heterocycles. The molecule has 0 saturated carbocycles. The van der Waals surface area contributed by atoms with Crippen LogP contribution in [-0.4, -0.2) is 52.2 Å². The van der Waals surface area contributed by atoms with Crippen LogP contribution in [0.25, 0.3) is 0 Å². The van der Waals surface area contributed by atoms with Crippen molar-refractivity contribution in [1.82, 2.24) is 4.72 Å². The molecule has 4 atom stereocenters.